The van der Waals surface area contributed by atoms with Crippen molar-refractivity contribution in [2.45, 2.75) is 24.5 Å². The molecule has 0 spiro atoms. The van der Waals surface area contributed by atoms with Gasteiger partial charge in [-0.05, 0) is 6.42 Å². The number of carbonyl (C=O) groups is 1. The van der Waals surface area contributed by atoms with E-state index in [4.69, 9.17) is 0 Å². The zero-order chi connectivity index (χ0) is 13.1. The maximum absolute atomic E-state index is 11.8. The average Bonchev–Trinajstić information content (AvgIpc) is 2.75. The van der Waals surface area contributed by atoms with Crippen molar-refractivity contribution in [3.63, 3.8) is 0 Å². The van der Waals surface area contributed by atoms with Crippen molar-refractivity contribution in [3.8, 4) is 0 Å². The summed E-state index contributed by atoms with van der Waals surface area (Å²) in [6, 6.07) is -1.49. The molecule has 3 aliphatic heterocycles. The molecule has 0 radical (unpaired) electrons. The summed E-state index contributed by atoms with van der Waals surface area (Å²) in [5.41, 5.74) is 0. The standard InChI is InChI=1S/C9H14N2O5S2/c12-9-10-7-4-18(15,16)5-8(7)11(9)6-1-2-17(13,14)3-6/h6-8H,1-5H2,(H,10,12)/t6-,7-,8-/m1/s1. The number of rotatable bonds is 1. The number of fused-ring (bicyclic) bond motifs is 1. The van der Waals surface area contributed by atoms with Crippen LogP contribution in [0.4, 0.5) is 4.79 Å². The molecule has 7 nitrogen and oxygen atoms in total. The number of sulfone groups is 2. The Hall–Kier alpha value is -0.830. The van der Waals surface area contributed by atoms with Gasteiger partial charge in [0.15, 0.2) is 19.7 Å². The Labute approximate surface area is 105 Å². The largest absolute Gasteiger partial charge is 0.332 e. The second-order valence-corrected chi connectivity index (χ2v) is 9.55. The fourth-order valence-corrected chi connectivity index (χ4v) is 6.67. The lowest BCUT2D eigenvalue weighted by molar-refractivity contribution is 0.186. The van der Waals surface area contributed by atoms with Gasteiger partial charge >= 0.3 is 6.03 Å². The molecule has 0 unspecified atom stereocenters. The van der Waals surface area contributed by atoms with E-state index in [1.807, 2.05) is 0 Å². The predicted molar refractivity (Wildman–Crippen MR) is 63.7 cm³/mol. The highest BCUT2D eigenvalue weighted by molar-refractivity contribution is 7.92. The molecule has 3 heterocycles. The quantitative estimate of drug-likeness (QED) is 0.585. The van der Waals surface area contributed by atoms with E-state index in [0.29, 0.717) is 6.42 Å². The normalized spacial score (nSPS) is 40.8. The Morgan fingerprint density at radius 1 is 1.06 bits per heavy atom. The van der Waals surface area contributed by atoms with Crippen LogP contribution in [-0.4, -0.2) is 68.9 Å². The molecule has 0 aromatic heterocycles. The van der Waals surface area contributed by atoms with Crippen LogP contribution in [0, 0.1) is 0 Å². The fraction of sp³-hybridized carbons (Fsp3) is 0.889. The molecule has 3 saturated heterocycles. The predicted octanol–water partition coefficient (Wildman–Crippen LogP) is -1.64. The molecular formula is C9H14N2O5S2. The maximum atomic E-state index is 11.8. The second kappa shape index (κ2) is 3.60. The van der Waals surface area contributed by atoms with Gasteiger partial charge in [0.25, 0.3) is 0 Å². The summed E-state index contributed by atoms with van der Waals surface area (Å²) in [6.07, 6.45) is 0.402. The highest BCUT2D eigenvalue weighted by Crippen LogP contribution is 2.29. The van der Waals surface area contributed by atoms with Gasteiger partial charge in [0.05, 0.1) is 35.1 Å². The van der Waals surface area contributed by atoms with E-state index in [1.165, 1.54) is 4.90 Å². The maximum Gasteiger partial charge on any atom is 0.318 e. The van der Waals surface area contributed by atoms with E-state index in [-0.39, 0.29) is 41.1 Å². The number of hydrogen-bond acceptors (Lipinski definition) is 5. The SMILES string of the molecule is O=C1N[C@@H]2CS(=O)(=O)C[C@H]2N1[C@@H]1CCS(=O)(=O)C1. The lowest BCUT2D eigenvalue weighted by Crippen LogP contribution is -2.45. The topological polar surface area (TPSA) is 101 Å². The van der Waals surface area contributed by atoms with E-state index in [2.05, 4.69) is 5.32 Å². The molecule has 102 valence electrons. The molecular weight excluding hydrogens is 280 g/mol. The second-order valence-electron chi connectivity index (χ2n) is 5.16. The van der Waals surface area contributed by atoms with Crippen LogP contribution < -0.4 is 5.32 Å². The van der Waals surface area contributed by atoms with E-state index in [1.54, 1.807) is 0 Å². The van der Waals surface area contributed by atoms with Gasteiger partial charge in [-0.3, -0.25) is 0 Å². The van der Waals surface area contributed by atoms with Crippen molar-refractivity contribution in [3.05, 3.63) is 0 Å². The summed E-state index contributed by atoms with van der Waals surface area (Å²) < 4.78 is 46.0. The van der Waals surface area contributed by atoms with Crippen molar-refractivity contribution in [2.24, 2.45) is 0 Å². The molecule has 1 N–H and O–H groups in total. The van der Waals surface area contributed by atoms with Gasteiger partial charge in [-0.2, -0.15) is 0 Å². The minimum absolute atomic E-state index is 0.0423. The number of urea groups is 1. The summed E-state index contributed by atoms with van der Waals surface area (Å²) >= 11 is 0. The first kappa shape index (κ1) is 12.2. The van der Waals surface area contributed by atoms with Crippen LogP contribution in [0.3, 0.4) is 0 Å². The van der Waals surface area contributed by atoms with Crippen LogP contribution >= 0.6 is 0 Å². The summed E-state index contributed by atoms with van der Waals surface area (Å²) in [5.74, 6) is -0.0817. The molecule has 3 rings (SSSR count). The number of nitrogens with zero attached hydrogens (tertiary/aromatic N) is 1. The minimum Gasteiger partial charge on any atom is -0.332 e. The summed E-state index contributed by atoms with van der Waals surface area (Å²) in [5, 5.41) is 2.64. The van der Waals surface area contributed by atoms with Crippen LogP contribution in [0.5, 0.6) is 0 Å². The van der Waals surface area contributed by atoms with E-state index >= 15 is 0 Å². The van der Waals surface area contributed by atoms with Crippen molar-refractivity contribution in [1.82, 2.24) is 10.2 Å². The molecule has 0 aliphatic carbocycles. The van der Waals surface area contributed by atoms with Crippen LogP contribution in [0.2, 0.25) is 0 Å². The molecule has 0 saturated carbocycles. The molecule has 3 fully saturated rings. The Kier molecular flexibility index (Phi) is 2.44. The Bertz CT molecular complexity index is 596. The van der Waals surface area contributed by atoms with Crippen molar-refractivity contribution in [1.29, 1.82) is 0 Å². The molecule has 0 aromatic carbocycles. The monoisotopic (exact) mass is 294 g/mol. The first-order valence-corrected chi connectivity index (χ1v) is 9.41. The van der Waals surface area contributed by atoms with Gasteiger partial charge in [0.2, 0.25) is 0 Å². The third-order valence-corrected chi connectivity index (χ3v) is 7.29. The van der Waals surface area contributed by atoms with Crippen molar-refractivity contribution < 1.29 is 21.6 Å². The van der Waals surface area contributed by atoms with E-state index in [0.717, 1.165) is 0 Å². The number of nitrogens with one attached hydrogen (secondary N) is 1. The number of carbonyl (C=O) groups excluding carboxylic acids is 1. The zero-order valence-corrected chi connectivity index (χ0v) is 11.2. The summed E-state index contributed by atoms with van der Waals surface area (Å²) in [7, 11) is -6.21. The number of hydrogen-bond donors (Lipinski definition) is 1. The summed E-state index contributed by atoms with van der Waals surface area (Å²) in [4.78, 5) is 13.3. The molecule has 0 aromatic rings. The van der Waals surface area contributed by atoms with Gasteiger partial charge in [-0.25, -0.2) is 21.6 Å². The van der Waals surface area contributed by atoms with Crippen LogP contribution in [0.15, 0.2) is 0 Å². The molecule has 3 aliphatic rings. The third-order valence-electron chi connectivity index (χ3n) is 3.83. The van der Waals surface area contributed by atoms with Crippen molar-refractivity contribution in [2.75, 3.05) is 23.0 Å². The molecule has 9 heteroatoms. The van der Waals surface area contributed by atoms with Gasteiger partial charge in [-0.1, -0.05) is 0 Å². The first-order valence-electron chi connectivity index (χ1n) is 5.77. The Morgan fingerprint density at radius 2 is 1.78 bits per heavy atom. The van der Waals surface area contributed by atoms with Gasteiger partial charge in [-0.15, -0.1) is 0 Å². The van der Waals surface area contributed by atoms with Gasteiger partial charge in [0, 0.05) is 6.04 Å². The fourth-order valence-electron chi connectivity index (χ4n) is 3.06. The average molecular weight is 294 g/mol. The van der Waals surface area contributed by atoms with E-state index < -0.39 is 25.7 Å². The lowest BCUT2D eigenvalue weighted by Gasteiger charge is -2.26. The molecule has 18 heavy (non-hydrogen) atoms. The zero-order valence-electron chi connectivity index (χ0n) is 9.57. The van der Waals surface area contributed by atoms with Crippen LogP contribution in [0.25, 0.3) is 0 Å². The summed E-state index contributed by atoms with van der Waals surface area (Å²) in [6.45, 7) is 0. The lowest BCUT2D eigenvalue weighted by atomic mass is 10.1. The Balaban J connectivity index is 1.86. The van der Waals surface area contributed by atoms with E-state index in [9.17, 15) is 21.6 Å². The Morgan fingerprint density at radius 3 is 2.39 bits per heavy atom. The molecule has 0 bridgehead atoms. The molecule has 3 atom stereocenters. The smallest absolute Gasteiger partial charge is 0.318 e. The highest BCUT2D eigenvalue weighted by Gasteiger charge is 2.52. The minimum atomic E-state index is -3.13. The highest BCUT2D eigenvalue weighted by atomic mass is 32.2. The molecule has 2 amide bonds. The van der Waals surface area contributed by atoms with Gasteiger partial charge < -0.3 is 10.2 Å². The van der Waals surface area contributed by atoms with Crippen LogP contribution in [-0.2, 0) is 19.7 Å². The first-order chi connectivity index (χ1) is 8.27. The third kappa shape index (κ3) is 1.89. The van der Waals surface area contributed by atoms with Crippen molar-refractivity contribution >= 4 is 25.7 Å². The van der Waals surface area contributed by atoms with Crippen LogP contribution in [0.1, 0.15) is 6.42 Å². The number of amides is 2. The van der Waals surface area contributed by atoms with Gasteiger partial charge in [0.1, 0.15) is 0 Å².